The highest BCUT2D eigenvalue weighted by Crippen LogP contribution is 2.19. The molecule has 0 bridgehead atoms. The molecule has 1 amide bonds. The molecule has 1 aliphatic heterocycles. The summed E-state index contributed by atoms with van der Waals surface area (Å²) in [6, 6.07) is 9.36. The number of rotatable bonds is 3. The Labute approximate surface area is 135 Å². The van der Waals surface area contributed by atoms with Crippen molar-refractivity contribution in [1.29, 1.82) is 0 Å². The van der Waals surface area contributed by atoms with Gasteiger partial charge >= 0.3 is 0 Å². The van der Waals surface area contributed by atoms with Crippen LogP contribution in [0, 0.1) is 13.8 Å². The molecule has 3 rings (SSSR count). The van der Waals surface area contributed by atoms with Gasteiger partial charge in [-0.2, -0.15) is 0 Å². The highest BCUT2D eigenvalue weighted by atomic mass is 16.5. The standard InChI is InChI=1S/C17H20N4O2/c1-12-4-3-5-14(13(12)2)18-17(22)15-6-7-16(20-19-15)21-8-10-23-11-9-21/h3-7H,8-11H2,1-2H3,(H,18,22). The zero-order valence-electron chi connectivity index (χ0n) is 13.4. The van der Waals surface area contributed by atoms with Crippen LogP contribution in [-0.4, -0.2) is 42.4 Å². The molecule has 1 fully saturated rings. The zero-order valence-corrected chi connectivity index (χ0v) is 13.4. The molecule has 0 aliphatic carbocycles. The number of aromatic nitrogens is 2. The van der Waals surface area contributed by atoms with Gasteiger partial charge in [0.05, 0.1) is 13.2 Å². The molecule has 1 aliphatic rings. The molecule has 0 unspecified atom stereocenters. The van der Waals surface area contributed by atoms with Crippen molar-refractivity contribution in [3.8, 4) is 0 Å². The molecule has 1 N–H and O–H groups in total. The predicted molar refractivity (Wildman–Crippen MR) is 88.9 cm³/mol. The number of morpholine rings is 1. The number of nitrogens with one attached hydrogen (secondary N) is 1. The van der Waals surface area contributed by atoms with Crippen LogP contribution < -0.4 is 10.2 Å². The Hall–Kier alpha value is -2.47. The fourth-order valence-electron chi connectivity index (χ4n) is 2.48. The molecule has 120 valence electrons. The summed E-state index contributed by atoms with van der Waals surface area (Å²) in [7, 11) is 0. The fourth-order valence-corrected chi connectivity index (χ4v) is 2.48. The topological polar surface area (TPSA) is 67.4 Å². The Kier molecular flexibility index (Phi) is 4.52. The average Bonchev–Trinajstić information content (AvgIpc) is 2.60. The van der Waals surface area contributed by atoms with E-state index in [0.717, 1.165) is 35.7 Å². The molecule has 6 nitrogen and oxygen atoms in total. The zero-order chi connectivity index (χ0) is 16.2. The van der Waals surface area contributed by atoms with Gasteiger partial charge in [-0.25, -0.2) is 0 Å². The van der Waals surface area contributed by atoms with E-state index in [1.165, 1.54) is 0 Å². The van der Waals surface area contributed by atoms with E-state index >= 15 is 0 Å². The molecule has 1 aromatic heterocycles. The monoisotopic (exact) mass is 312 g/mol. The van der Waals surface area contributed by atoms with E-state index in [4.69, 9.17) is 4.74 Å². The molecular weight excluding hydrogens is 292 g/mol. The summed E-state index contributed by atoms with van der Waals surface area (Å²) < 4.78 is 5.32. The molecule has 23 heavy (non-hydrogen) atoms. The maximum atomic E-state index is 12.3. The highest BCUT2D eigenvalue weighted by Gasteiger charge is 2.15. The average molecular weight is 312 g/mol. The van der Waals surface area contributed by atoms with Gasteiger partial charge in [0.1, 0.15) is 0 Å². The molecule has 1 saturated heterocycles. The first-order valence-corrected chi connectivity index (χ1v) is 7.69. The van der Waals surface area contributed by atoms with Crippen molar-refractivity contribution >= 4 is 17.4 Å². The van der Waals surface area contributed by atoms with Crippen LogP contribution in [0.1, 0.15) is 21.6 Å². The largest absolute Gasteiger partial charge is 0.378 e. The van der Waals surface area contributed by atoms with Crippen molar-refractivity contribution in [2.24, 2.45) is 0 Å². The third-order valence-electron chi connectivity index (χ3n) is 4.07. The number of nitrogens with zero attached hydrogens (tertiary/aromatic N) is 3. The Morgan fingerprint density at radius 2 is 1.91 bits per heavy atom. The summed E-state index contributed by atoms with van der Waals surface area (Å²) in [5, 5.41) is 11.1. The van der Waals surface area contributed by atoms with Gasteiger partial charge in [0.25, 0.3) is 5.91 Å². The van der Waals surface area contributed by atoms with E-state index in [2.05, 4.69) is 20.4 Å². The first-order chi connectivity index (χ1) is 11.1. The van der Waals surface area contributed by atoms with E-state index in [9.17, 15) is 4.79 Å². The molecule has 6 heteroatoms. The Morgan fingerprint density at radius 1 is 1.13 bits per heavy atom. The molecule has 0 saturated carbocycles. The number of hydrogen-bond donors (Lipinski definition) is 1. The number of benzene rings is 1. The van der Waals surface area contributed by atoms with E-state index in [-0.39, 0.29) is 5.91 Å². The van der Waals surface area contributed by atoms with Crippen LogP contribution >= 0.6 is 0 Å². The van der Waals surface area contributed by atoms with Crippen molar-refractivity contribution in [3.05, 3.63) is 47.2 Å². The highest BCUT2D eigenvalue weighted by molar-refractivity contribution is 6.03. The van der Waals surface area contributed by atoms with Crippen molar-refractivity contribution in [2.75, 3.05) is 36.5 Å². The molecule has 2 heterocycles. The summed E-state index contributed by atoms with van der Waals surface area (Å²) in [5.74, 6) is 0.524. The summed E-state index contributed by atoms with van der Waals surface area (Å²) in [4.78, 5) is 14.4. The number of carbonyl (C=O) groups excluding carboxylic acids is 1. The Balaban J connectivity index is 1.71. The van der Waals surface area contributed by atoms with E-state index in [1.807, 2.05) is 38.1 Å². The number of aryl methyl sites for hydroxylation is 1. The van der Waals surface area contributed by atoms with E-state index in [0.29, 0.717) is 18.9 Å². The van der Waals surface area contributed by atoms with Crippen LogP contribution in [0.2, 0.25) is 0 Å². The minimum Gasteiger partial charge on any atom is -0.378 e. The maximum Gasteiger partial charge on any atom is 0.276 e. The number of ether oxygens (including phenoxy) is 1. The van der Waals surface area contributed by atoms with Crippen molar-refractivity contribution < 1.29 is 9.53 Å². The van der Waals surface area contributed by atoms with Crippen LogP contribution in [0.25, 0.3) is 0 Å². The quantitative estimate of drug-likeness (QED) is 0.941. The lowest BCUT2D eigenvalue weighted by molar-refractivity contribution is 0.102. The smallest absolute Gasteiger partial charge is 0.276 e. The lowest BCUT2D eigenvalue weighted by Gasteiger charge is -2.27. The first-order valence-electron chi connectivity index (χ1n) is 7.69. The van der Waals surface area contributed by atoms with Crippen LogP contribution in [0.5, 0.6) is 0 Å². The molecule has 0 atom stereocenters. The third kappa shape index (κ3) is 3.48. The first kappa shape index (κ1) is 15.4. The van der Waals surface area contributed by atoms with Crippen LogP contribution in [0.15, 0.2) is 30.3 Å². The molecular formula is C17H20N4O2. The van der Waals surface area contributed by atoms with Gasteiger partial charge in [-0.15, -0.1) is 10.2 Å². The second-order valence-electron chi connectivity index (χ2n) is 5.58. The minimum atomic E-state index is -0.250. The molecule has 1 aromatic carbocycles. The van der Waals surface area contributed by atoms with Crippen molar-refractivity contribution in [3.63, 3.8) is 0 Å². The summed E-state index contributed by atoms with van der Waals surface area (Å²) in [5.41, 5.74) is 3.30. The maximum absolute atomic E-state index is 12.3. The lowest BCUT2D eigenvalue weighted by Crippen LogP contribution is -2.37. The Morgan fingerprint density at radius 3 is 2.61 bits per heavy atom. The van der Waals surface area contributed by atoms with E-state index in [1.54, 1.807) is 6.07 Å². The van der Waals surface area contributed by atoms with Gasteiger partial charge in [0.15, 0.2) is 11.5 Å². The number of anilines is 2. The van der Waals surface area contributed by atoms with Crippen molar-refractivity contribution in [2.45, 2.75) is 13.8 Å². The summed E-state index contributed by atoms with van der Waals surface area (Å²) in [6.07, 6.45) is 0. The van der Waals surface area contributed by atoms with Gasteiger partial charge in [0, 0.05) is 18.8 Å². The van der Waals surface area contributed by atoms with Crippen LogP contribution in [-0.2, 0) is 4.74 Å². The molecule has 0 spiro atoms. The van der Waals surface area contributed by atoms with Gasteiger partial charge in [-0.3, -0.25) is 4.79 Å². The molecule has 0 radical (unpaired) electrons. The van der Waals surface area contributed by atoms with Gasteiger partial charge in [-0.05, 0) is 43.2 Å². The third-order valence-corrected chi connectivity index (χ3v) is 4.07. The number of carbonyl (C=O) groups is 1. The SMILES string of the molecule is Cc1cccc(NC(=O)c2ccc(N3CCOCC3)nn2)c1C. The van der Waals surface area contributed by atoms with Crippen LogP contribution in [0.3, 0.4) is 0 Å². The second kappa shape index (κ2) is 6.75. The summed E-state index contributed by atoms with van der Waals surface area (Å²) in [6.45, 7) is 6.97. The number of hydrogen-bond acceptors (Lipinski definition) is 5. The molecule has 2 aromatic rings. The normalized spacial score (nSPS) is 14.6. The number of amides is 1. The van der Waals surface area contributed by atoms with E-state index < -0.39 is 0 Å². The van der Waals surface area contributed by atoms with Crippen molar-refractivity contribution in [1.82, 2.24) is 10.2 Å². The minimum absolute atomic E-state index is 0.250. The van der Waals surface area contributed by atoms with Gasteiger partial charge in [0.2, 0.25) is 0 Å². The predicted octanol–water partition coefficient (Wildman–Crippen LogP) is 2.18. The van der Waals surface area contributed by atoms with Gasteiger partial charge in [-0.1, -0.05) is 12.1 Å². The second-order valence-corrected chi connectivity index (χ2v) is 5.58. The lowest BCUT2D eigenvalue weighted by atomic mass is 10.1. The Bertz CT molecular complexity index is 694. The van der Waals surface area contributed by atoms with Gasteiger partial charge < -0.3 is 15.0 Å². The van der Waals surface area contributed by atoms with Crippen LogP contribution in [0.4, 0.5) is 11.5 Å². The fraction of sp³-hybridized carbons (Fsp3) is 0.353. The summed E-state index contributed by atoms with van der Waals surface area (Å²) >= 11 is 0.